The number of carboxylic acids is 2. The number of hydrogen-bond donors (Lipinski definition) is 3. The van der Waals surface area contributed by atoms with Crippen LogP contribution in [0.15, 0.2) is 30.7 Å². The number of carboxylic acid groups (broad SMARTS) is 2. The lowest BCUT2D eigenvalue weighted by atomic mass is 10.1. The van der Waals surface area contributed by atoms with E-state index in [4.69, 9.17) is 15.9 Å². The van der Waals surface area contributed by atoms with Crippen molar-refractivity contribution in [3.8, 4) is 0 Å². The van der Waals surface area contributed by atoms with Crippen molar-refractivity contribution in [3.05, 3.63) is 53.6 Å². The first-order chi connectivity index (χ1) is 13.1. The normalized spacial score (nSPS) is 11.6. The van der Waals surface area contributed by atoms with Crippen LogP contribution >= 0.6 is 0 Å². The second-order valence-electron chi connectivity index (χ2n) is 6.77. The summed E-state index contributed by atoms with van der Waals surface area (Å²) in [4.78, 5) is 24.5. The summed E-state index contributed by atoms with van der Waals surface area (Å²) < 4.78 is 27.8. The van der Waals surface area contributed by atoms with Crippen molar-refractivity contribution >= 4 is 11.9 Å². The number of aliphatic carboxylic acids is 2. The van der Waals surface area contributed by atoms with Gasteiger partial charge in [0, 0.05) is 37.3 Å². The highest BCUT2D eigenvalue weighted by atomic mass is 19.1. The summed E-state index contributed by atoms with van der Waals surface area (Å²) in [6.07, 6.45) is 4.13. The van der Waals surface area contributed by atoms with E-state index in [-0.39, 0.29) is 13.0 Å². The molecule has 0 fully saturated rings. The van der Waals surface area contributed by atoms with Gasteiger partial charge in [0.25, 0.3) is 0 Å². The van der Waals surface area contributed by atoms with Crippen LogP contribution in [0.2, 0.25) is 0 Å². The number of hydrogen-bond acceptors (Lipinski definition) is 4. The molecule has 0 aliphatic carbocycles. The van der Waals surface area contributed by atoms with Crippen LogP contribution in [0.25, 0.3) is 0 Å². The van der Waals surface area contributed by atoms with Crippen LogP contribution in [-0.4, -0.2) is 37.7 Å². The van der Waals surface area contributed by atoms with Crippen LogP contribution in [0, 0.1) is 17.6 Å². The smallest absolute Gasteiger partial charge is 0.320 e. The summed E-state index contributed by atoms with van der Waals surface area (Å²) in [5.74, 6) is -2.63. The molecular formula is C19H25F2N3O4. The van der Waals surface area contributed by atoms with Gasteiger partial charge in [0.1, 0.15) is 17.7 Å². The van der Waals surface area contributed by atoms with E-state index >= 15 is 0 Å². The van der Waals surface area contributed by atoms with Crippen LogP contribution in [-0.2, 0) is 22.6 Å². The molecule has 1 aromatic carbocycles. The minimum absolute atomic E-state index is 0.0904. The predicted octanol–water partition coefficient (Wildman–Crippen LogP) is 2.67. The second kappa shape index (κ2) is 11.1. The van der Waals surface area contributed by atoms with Gasteiger partial charge in [0.15, 0.2) is 0 Å². The quantitative estimate of drug-likeness (QED) is 0.630. The molecule has 1 heterocycles. The highest BCUT2D eigenvalue weighted by Crippen LogP contribution is 2.12. The molecule has 0 aliphatic heterocycles. The van der Waals surface area contributed by atoms with Crippen LogP contribution in [0.1, 0.15) is 37.9 Å². The SMILES string of the molecule is CC(C)CCC(=O)O.NC(Cc1cncn1Cc1cc(F)cc(F)c1)C(=O)O. The fourth-order valence-electron chi connectivity index (χ4n) is 2.28. The molecule has 0 spiro atoms. The number of halogens is 2. The topological polar surface area (TPSA) is 118 Å². The molecule has 0 aliphatic rings. The third kappa shape index (κ3) is 8.72. The van der Waals surface area contributed by atoms with E-state index in [0.717, 1.165) is 12.5 Å². The molecule has 1 unspecified atom stereocenters. The average Bonchev–Trinajstić information content (AvgIpc) is 2.99. The zero-order chi connectivity index (χ0) is 21.3. The van der Waals surface area contributed by atoms with E-state index in [1.54, 1.807) is 4.57 Å². The van der Waals surface area contributed by atoms with Crippen molar-refractivity contribution in [1.82, 2.24) is 9.55 Å². The molecule has 154 valence electrons. The minimum Gasteiger partial charge on any atom is -0.481 e. The molecule has 0 saturated heterocycles. The molecule has 0 radical (unpaired) electrons. The van der Waals surface area contributed by atoms with Crippen molar-refractivity contribution in [1.29, 1.82) is 0 Å². The maximum atomic E-state index is 13.1. The van der Waals surface area contributed by atoms with Crippen LogP contribution in [0.5, 0.6) is 0 Å². The Balaban J connectivity index is 0.000000416. The largest absolute Gasteiger partial charge is 0.481 e. The zero-order valence-electron chi connectivity index (χ0n) is 15.8. The number of carbonyl (C=O) groups is 2. The molecule has 1 aromatic heterocycles. The van der Waals surface area contributed by atoms with E-state index in [1.807, 2.05) is 13.8 Å². The van der Waals surface area contributed by atoms with Gasteiger partial charge < -0.3 is 20.5 Å². The molecule has 2 aromatic rings. The van der Waals surface area contributed by atoms with E-state index in [2.05, 4.69) is 4.98 Å². The maximum Gasteiger partial charge on any atom is 0.320 e. The molecule has 9 heteroatoms. The molecule has 7 nitrogen and oxygen atoms in total. The molecule has 28 heavy (non-hydrogen) atoms. The van der Waals surface area contributed by atoms with Gasteiger partial charge in [-0.1, -0.05) is 13.8 Å². The van der Waals surface area contributed by atoms with Crippen molar-refractivity contribution in [2.75, 3.05) is 0 Å². The first-order valence-electron chi connectivity index (χ1n) is 8.72. The summed E-state index contributed by atoms with van der Waals surface area (Å²) in [5.41, 5.74) is 6.47. The summed E-state index contributed by atoms with van der Waals surface area (Å²) in [6.45, 7) is 4.22. The summed E-state index contributed by atoms with van der Waals surface area (Å²) in [7, 11) is 0. The van der Waals surface area contributed by atoms with Crippen LogP contribution in [0.3, 0.4) is 0 Å². The lowest BCUT2D eigenvalue weighted by Crippen LogP contribution is -2.33. The summed E-state index contributed by atoms with van der Waals surface area (Å²) in [6, 6.07) is 2.17. The Labute approximate surface area is 161 Å². The molecule has 1 atom stereocenters. The van der Waals surface area contributed by atoms with Gasteiger partial charge in [-0.2, -0.15) is 0 Å². The molecule has 0 bridgehead atoms. The Hall–Kier alpha value is -2.81. The highest BCUT2D eigenvalue weighted by Gasteiger charge is 2.15. The molecule has 2 rings (SSSR count). The van der Waals surface area contributed by atoms with Gasteiger partial charge in [0.2, 0.25) is 0 Å². The monoisotopic (exact) mass is 397 g/mol. The summed E-state index contributed by atoms with van der Waals surface area (Å²) >= 11 is 0. The fourth-order valence-corrected chi connectivity index (χ4v) is 2.28. The zero-order valence-corrected chi connectivity index (χ0v) is 15.8. The van der Waals surface area contributed by atoms with E-state index in [9.17, 15) is 18.4 Å². The predicted molar refractivity (Wildman–Crippen MR) is 98.7 cm³/mol. The van der Waals surface area contributed by atoms with Crippen molar-refractivity contribution in [2.24, 2.45) is 11.7 Å². The maximum absolute atomic E-state index is 13.1. The highest BCUT2D eigenvalue weighted by molar-refractivity contribution is 5.73. The lowest BCUT2D eigenvalue weighted by Gasteiger charge is -2.10. The standard InChI is InChI=1S/C13H13F2N3O2.C6H12O2/c14-9-1-8(2-10(15)3-9)6-18-7-17-5-11(18)4-12(16)13(19)20;1-5(2)3-4-6(7)8/h1-3,5,7,12H,4,6,16H2,(H,19,20);5H,3-4H2,1-2H3,(H,7,8). The van der Waals surface area contributed by atoms with E-state index in [1.165, 1.54) is 24.7 Å². The van der Waals surface area contributed by atoms with Gasteiger partial charge in [-0.25, -0.2) is 13.8 Å². The lowest BCUT2D eigenvalue weighted by molar-refractivity contribution is -0.139. The Morgan fingerprint density at radius 3 is 2.25 bits per heavy atom. The van der Waals surface area contributed by atoms with E-state index < -0.39 is 29.6 Å². The Morgan fingerprint density at radius 2 is 1.79 bits per heavy atom. The number of benzene rings is 1. The third-order valence-electron chi connectivity index (χ3n) is 3.76. The number of nitrogens with two attached hydrogens (primary N) is 1. The minimum atomic E-state index is -1.12. The van der Waals surface area contributed by atoms with Gasteiger partial charge in [0.05, 0.1) is 6.33 Å². The number of nitrogens with zero attached hydrogens (tertiary/aromatic N) is 2. The number of rotatable bonds is 8. The van der Waals surface area contributed by atoms with Crippen LogP contribution < -0.4 is 5.73 Å². The van der Waals surface area contributed by atoms with Gasteiger partial charge in [-0.05, 0) is 30.0 Å². The Bertz CT molecular complexity index is 773. The average molecular weight is 397 g/mol. The Kier molecular flexibility index (Phi) is 9.23. The first kappa shape index (κ1) is 23.2. The number of aromatic nitrogens is 2. The first-order valence-corrected chi connectivity index (χ1v) is 8.72. The molecule has 4 N–H and O–H groups in total. The Morgan fingerprint density at radius 1 is 1.18 bits per heavy atom. The molecule has 0 saturated carbocycles. The van der Waals surface area contributed by atoms with Gasteiger partial charge in [-0.3, -0.25) is 9.59 Å². The van der Waals surface area contributed by atoms with Gasteiger partial charge in [-0.15, -0.1) is 0 Å². The van der Waals surface area contributed by atoms with Crippen molar-refractivity contribution in [3.63, 3.8) is 0 Å². The van der Waals surface area contributed by atoms with Crippen molar-refractivity contribution < 1.29 is 28.6 Å². The molecule has 0 amide bonds. The molecular weight excluding hydrogens is 372 g/mol. The van der Waals surface area contributed by atoms with Gasteiger partial charge >= 0.3 is 11.9 Å². The van der Waals surface area contributed by atoms with E-state index in [0.29, 0.717) is 23.6 Å². The third-order valence-corrected chi connectivity index (χ3v) is 3.76. The fraction of sp³-hybridized carbons (Fsp3) is 0.421. The van der Waals surface area contributed by atoms with Crippen molar-refractivity contribution in [2.45, 2.75) is 45.7 Å². The second-order valence-corrected chi connectivity index (χ2v) is 6.77. The van der Waals surface area contributed by atoms with Crippen LogP contribution in [0.4, 0.5) is 8.78 Å². The number of imidazole rings is 1. The summed E-state index contributed by atoms with van der Waals surface area (Å²) in [5, 5.41) is 16.9.